The number of rotatable bonds is 6. The lowest BCUT2D eigenvalue weighted by molar-refractivity contribution is -0.140. The van der Waals surface area contributed by atoms with Crippen molar-refractivity contribution < 1.29 is 24.6 Å². The van der Waals surface area contributed by atoms with Crippen LogP contribution in [0.25, 0.3) is 5.76 Å². The number of aliphatic hydroxyl groups is 1. The quantitative estimate of drug-likeness (QED) is 0.331. The molecule has 0 saturated carbocycles. The molecule has 1 fully saturated rings. The van der Waals surface area contributed by atoms with Crippen LogP contribution in [0.3, 0.4) is 0 Å². The lowest BCUT2D eigenvalue weighted by Gasteiger charge is -2.26. The van der Waals surface area contributed by atoms with Crippen LogP contribution in [-0.2, 0) is 16.1 Å². The Bertz CT molecular complexity index is 1270. The third-order valence-corrected chi connectivity index (χ3v) is 5.77. The van der Waals surface area contributed by atoms with Crippen LogP contribution in [0.4, 0.5) is 5.69 Å². The average molecular weight is 457 g/mol. The maximum atomic E-state index is 13.1. The Morgan fingerprint density at radius 2 is 1.53 bits per heavy atom. The molecule has 2 aromatic carbocycles. The first kappa shape index (κ1) is 22.7. The van der Waals surface area contributed by atoms with Crippen molar-refractivity contribution in [1.29, 1.82) is 0 Å². The van der Waals surface area contributed by atoms with Crippen molar-refractivity contribution in [1.82, 2.24) is 9.88 Å². The van der Waals surface area contributed by atoms with Crippen molar-refractivity contribution >= 4 is 29.1 Å². The number of carbonyl (C=O) groups excluding carboxylic acids is 2. The lowest BCUT2D eigenvalue weighted by atomic mass is 9.95. The highest BCUT2D eigenvalue weighted by Gasteiger charge is 2.46. The second-order valence-corrected chi connectivity index (χ2v) is 8.15. The normalized spacial score (nSPS) is 17.1. The van der Waals surface area contributed by atoms with Crippen LogP contribution in [-0.4, -0.2) is 51.9 Å². The minimum atomic E-state index is -1.05. The molecule has 4 rings (SSSR count). The molecule has 1 aromatic heterocycles. The van der Waals surface area contributed by atoms with E-state index >= 15 is 0 Å². The second-order valence-electron chi connectivity index (χ2n) is 8.15. The molecule has 3 aromatic rings. The highest BCUT2D eigenvalue weighted by molar-refractivity contribution is 6.46. The monoisotopic (exact) mass is 457 g/mol. The van der Waals surface area contributed by atoms with Gasteiger partial charge in [0.25, 0.3) is 11.7 Å². The van der Waals surface area contributed by atoms with E-state index < -0.39 is 23.7 Å². The molecule has 172 valence electrons. The first-order chi connectivity index (χ1) is 16.3. The van der Waals surface area contributed by atoms with Gasteiger partial charge in [-0.3, -0.25) is 14.6 Å². The lowest BCUT2D eigenvalue weighted by Crippen LogP contribution is -2.29. The zero-order chi connectivity index (χ0) is 24.4. The highest BCUT2D eigenvalue weighted by Crippen LogP contribution is 2.40. The summed E-state index contributed by atoms with van der Waals surface area (Å²) in [5, 5.41) is 20.2. The third kappa shape index (κ3) is 4.25. The highest BCUT2D eigenvalue weighted by atomic mass is 16.4. The number of Topliss-reactive ketones (excluding diaryl/α,β-unsaturated/α-hetero) is 1. The molecule has 8 heteroatoms. The fraction of sp³-hybridized carbons (Fsp3) is 0.154. The van der Waals surface area contributed by atoms with Gasteiger partial charge in [-0.25, -0.2) is 4.79 Å². The maximum Gasteiger partial charge on any atom is 0.335 e. The van der Waals surface area contributed by atoms with Crippen LogP contribution < -0.4 is 4.90 Å². The maximum absolute atomic E-state index is 13.1. The number of ketones is 1. The van der Waals surface area contributed by atoms with Crippen LogP contribution in [0.2, 0.25) is 0 Å². The summed E-state index contributed by atoms with van der Waals surface area (Å²) in [6.07, 6.45) is 2.99. The molecule has 0 radical (unpaired) electrons. The van der Waals surface area contributed by atoms with Gasteiger partial charge in [-0.15, -0.1) is 0 Å². The first-order valence-corrected chi connectivity index (χ1v) is 10.6. The number of aromatic nitrogens is 1. The number of aliphatic hydroxyl groups excluding tert-OH is 1. The minimum Gasteiger partial charge on any atom is -0.507 e. The summed E-state index contributed by atoms with van der Waals surface area (Å²) in [6, 6.07) is 15.8. The number of aromatic carboxylic acids is 1. The van der Waals surface area contributed by atoms with E-state index in [9.17, 15) is 19.5 Å². The fourth-order valence-corrected chi connectivity index (χ4v) is 3.96. The van der Waals surface area contributed by atoms with E-state index in [1.165, 1.54) is 29.4 Å². The van der Waals surface area contributed by atoms with E-state index in [0.717, 1.165) is 5.69 Å². The summed E-state index contributed by atoms with van der Waals surface area (Å²) >= 11 is 0. The summed E-state index contributed by atoms with van der Waals surface area (Å²) in [5.41, 5.74) is 2.77. The minimum absolute atomic E-state index is 0.00374. The predicted octanol–water partition coefficient (Wildman–Crippen LogP) is 3.47. The number of likely N-dealkylation sites (tertiary alicyclic amines) is 1. The van der Waals surface area contributed by atoms with Crippen molar-refractivity contribution in [2.75, 3.05) is 19.0 Å². The van der Waals surface area contributed by atoms with Gasteiger partial charge in [0, 0.05) is 44.3 Å². The standard InChI is InChI=1S/C26H23N3O5/c1-28(2)20-9-7-17(8-10-20)22-21(23(30)18-11-13-27-14-12-18)24(31)25(32)29(22)15-16-3-5-19(6-4-16)26(33)34/h3-14,22,30H,15H2,1-2H3,(H,33,34)/b23-21+. The molecule has 1 amide bonds. The van der Waals surface area contributed by atoms with Crippen molar-refractivity contribution in [3.63, 3.8) is 0 Å². The Labute approximate surface area is 196 Å². The smallest absolute Gasteiger partial charge is 0.335 e. The zero-order valence-electron chi connectivity index (χ0n) is 18.7. The average Bonchev–Trinajstić information content (AvgIpc) is 3.09. The predicted molar refractivity (Wildman–Crippen MR) is 126 cm³/mol. The Morgan fingerprint density at radius 1 is 0.912 bits per heavy atom. The van der Waals surface area contributed by atoms with Crippen LogP contribution in [0.15, 0.2) is 78.6 Å². The first-order valence-electron chi connectivity index (χ1n) is 10.6. The van der Waals surface area contributed by atoms with E-state index in [1.54, 1.807) is 24.3 Å². The molecule has 0 spiro atoms. The Morgan fingerprint density at radius 3 is 2.09 bits per heavy atom. The number of hydrogen-bond acceptors (Lipinski definition) is 6. The van der Waals surface area contributed by atoms with Crippen LogP contribution >= 0.6 is 0 Å². The number of amides is 1. The van der Waals surface area contributed by atoms with Gasteiger partial charge in [-0.05, 0) is 47.5 Å². The molecular weight excluding hydrogens is 434 g/mol. The molecule has 0 aliphatic carbocycles. The van der Waals surface area contributed by atoms with Gasteiger partial charge >= 0.3 is 5.97 Å². The summed E-state index contributed by atoms with van der Waals surface area (Å²) in [4.78, 5) is 44.7. The number of benzene rings is 2. The Balaban J connectivity index is 1.81. The molecule has 1 aliphatic rings. The summed E-state index contributed by atoms with van der Waals surface area (Å²) < 4.78 is 0. The largest absolute Gasteiger partial charge is 0.507 e. The fourth-order valence-electron chi connectivity index (χ4n) is 3.96. The van der Waals surface area contributed by atoms with Gasteiger partial charge in [-0.1, -0.05) is 24.3 Å². The molecule has 1 aliphatic heterocycles. The molecule has 8 nitrogen and oxygen atoms in total. The number of carboxylic acid groups (broad SMARTS) is 1. The number of pyridine rings is 1. The number of carboxylic acids is 1. The molecule has 2 N–H and O–H groups in total. The Hall–Kier alpha value is -4.46. The molecule has 1 unspecified atom stereocenters. The number of carbonyl (C=O) groups is 3. The zero-order valence-corrected chi connectivity index (χ0v) is 18.7. The SMILES string of the molecule is CN(C)c1ccc(C2/C(=C(\O)c3ccncc3)C(=O)C(=O)N2Cc2ccc(C(=O)O)cc2)cc1. The third-order valence-electron chi connectivity index (χ3n) is 5.77. The van der Waals surface area contributed by atoms with Crippen molar-refractivity contribution in [3.8, 4) is 0 Å². The van der Waals surface area contributed by atoms with Gasteiger partial charge in [0.15, 0.2) is 0 Å². The van der Waals surface area contributed by atoms with E-state index in [0.29, 0.717) is 16.7 Å². The van der Waals surface area contributed by atoms with Crippen LogP contribution in [0, 0.1) is 0 Å². The number of nitrogens with zero attached hydrogens (tertiary/aromatic N) is 3. The summed E-state index contributed by atoms with van der Waals surface area (Å²) in [6.45, 7) is 0.0672. The molecular formula is C26H23N3O5. The molecule has 1 atom stereocenters. The van der Waals surface area contributed by atoms with E-state index in [2.05, 4.69) is 4.98 Å². The van der Waals surface area contributed by atoms with E-state index in [1.807, 2.05) is 43.3 Å². The molecule has 0 bridgehead atoms. The van der Waals surface area contributed by atoms with Crippen molar-refractivity contribution in [3.05, 3.63) is 101 Å². The van der Waals surface area contributed by atoms with Gasteiger partial charge in [0.05, 0.1) is 17.2 Å². The second kappa shape index (κ2) is 9.19. The van der Waals surface area contributed by atoms with Crippen molar-refractivity contribution in [2.45, 2.75) is 12.6 Å². The molecule has 1 saturated heterocycles. The van der Waals surface area contributed by atoms with E-state index in [4.69, 9.17) is 5.11 Å². The molecule has 2 heterocycles. The van der Waals surface area contributed by atoms with Gasteiger partial charge in [0.1, 0.15) is 5.76 Å². The Kier molecular flexibility index (Phi) is 6.14. The topological polar surface area (TPSA) is 111 Å². The van der Waals surface area contributed by atoms with Crippen molar-refractivity contribution in [2.24, 2.45) is 0 Å². The van der Waals surface area contributed by atoms with Gasteiger partial charge in [0.2, 0.25) is 0 Å². The number of hydrogen-bond donors (Lipinski definition) is 2. The summed E-state index contributed by atoms with van der Waals surface area (Å²) in [5.74, 6) is -2.84. The van der Waals surface area contributed by atoms with Gasteiger partial charge < -0.3 is 20.0 Å². The number of anilines is 1. The van der Waals surface area contributed by atoms with E-state index in [-0.39, 0.29) is 23.4 Å². The summed E-state index contributed by atoms with van der Waals surface area (Å²) in [7, 11) is 3.82. The van der Waals surface area contributed by atoms with Crippen LogP contribution in [0.1, 0.15) is 33.1 Å². The van der Waals surface area contributed by atoms with Crippen LogP contribution in [0.5, 0.6) is 0 Å². The molecule has 34 heavy (non-hydrogen) atoms. The van der Waals surface area contributed by atoms with Gasteiger partial charge in [-0.2, -0.15) is 0 Å².